The predicted molar refractivity (Wildman–Crippen MR) is 65.9 cm³/mol. The van der Waals surface area contributed by atoms with E-state index in [9.17, 15) is 0 Å². The van der Waals surface area contributed by atoms with Gasteiger partial charge in [0.1, 0.15) is 16.7 Å². The highest BCUT2D eigenvalue weighted by molar-refractivity contribution is 7.16. The Kier molecular flexibility index (Phi) is 1.44. The predicted octanol–water partition coefficient (Wildman–Crippen LogP) is 3.10. The Morgan fingerprint density at radius 3 is 3.12 bits per heavy atom. The van der Waals surface area contributed by atoms with Crippen LogP contribution in [0.3, 0.4) is 0 Å². The molecule has 0 saturated heterocycles. The molecule has 0 aliphatic rings. The Labute approximate surface area is 95.0 Å². The third-order valence-electron chi connectivity index (χ3n) is 2.77. The maximum Gasteiger partial charge on any atom is 0.137 e. The van der Waals surface area contributed by atoms with E-state index in [0.717, 1.165) is 22.2 Å². The molecule has 0 spiro atoms. The SMILES string of the molecule is c1ccn2c(c1)nc1ccc3scnc3c12. The van der Waals surface area contributed by atoms with Crippen LogP contribution in [0.25, 0.3) is 26.9 Å². The van der Waals surface area contributed by atoms with E-state index >= 15 is 0 Å². The summed E-state index contributed by atoms with van der Waals surface area (Å²) in [5.74, 6) is 0. The first kappa shape index (κ1) is 8.24. The molecule has 0 amide bonds. The van der Waals surface area contributed by atoms with E-state index in [2.05, 4.69) is 26.5 Å². The molecule has 0 saturated carbocycles. The largest absolute Gasteiger partial charge is 0.298 e. The Balaban J connectivity index is 2.42. The summed E-state index contributed by atoms with van der Waals surface area (Å²) < 4.78 is 3.30. The van der Waals surface area contributed by atoms with Gasteiger partial charge >= 0.3 is 0 Å². The highest BCUT2D eigenvalue weighted by Gasteiger charge is 2.09. The fourth-order valence-corrected chi connectivity index (χ4v) is 2.75. The average Bonchev–Trinajstić information content (AvgIpc) is 2.91. The Morgan fingerprint density at radius 1 is 1.12 bits per heavy atom. The van der Waals surface area contributed by atoms with Crippen molar-refractivity contribution in [2.24, 2.45) is 0 Å². The maximum atomic E-state index is 4.57. The van der Waals surface area contributed by atoms with E-state index < -0.39 is 0 Å². The number of fused-ring (bicyclic) bond motifs is 5. The molecule has 76 valence electrons. The summed E-state index contributed by atoms with van der Waals surface area (Å²) in [7, 11) is 0. The molecule has 0 aliphatic carbocycles. The van der Waals surface area contributed by atoms with Gasteiger partial charge in [0.2, 0.25) is 0 Å². The first-order chi connectivity index (χ1) is 7.93. The first-order valence-corrected chi connectivity index (χ1v) is 5.90. The number of aromatic nitrogens is 3. The zero-order chi connectivity index (χ0) is 10.5. The van der Waals surface area contributed by atoms with Gasteiger partial charge in [-0.15, -0.1) is 11.3 Å². The van der Waals surface area contributed by atoms with Crippen molar-refractivity contribution in [1.82, 2.24) is 14.4 Å². The van der Waals surface area contributed by atoms with Gasteiger partial charge in [0.05, 0.1) is 15.7 Å². The molecule has 0 atom stereocenters. The van der Waals surface area contributed by atoms with Gasteiger partial charge in [-0.2, -0.15) is 0 Å². The number of pyridine rings is 1. The summed E-state index contributed by atoms with van der Waals surface area (Å²) in [4.78, 5) is 9.00. The van der Waals surface area contributed by atoms with E-state index in [1.807, 2.05) is 29.9 Å². The number of imidazole rings is 1. The quantitative estimate of drug-likeness (QED) is 0.460. The number of hydrogen-bond acceptors (Lipinski definition) is 3. The maximum absolute atomic E-state index is 4.57. The van der Waals surface area contributed by atoms with Crippen LogP contribution >= 0.6 is 11.3 Å². The molecule has 0 unspecified atom stereocenters. The molecule has 0 N–H and O–H groups in total. The van der Waals surface area contributed by atoms with Gasteiger partial charge in [-0.25, -0.2) is 9.97 Å². The van der Waals surface area contributed by atoms with Crippen LogP contribution in [0.2, 0.25) is 0 Å². The summed E-state index contributed by atoms with van der Waals surface area (Å²) in [6.07, 6.45) is 2.03. The number of hydrogen-bond donors (Lipinski definition) is 0. The van der Waals surface area contributed by atoms with Crippen LogP contribution in [-0.2, 0) is 0 Å². The fourth-order valence-electron chi connectivity index (χ4n) is 2.07. The van der Waals surface area contributed by atoms with Crippen molar-refractivity contribution in [3.05, 3.63) is 42.0 Å². The van der Waals surface area contributed by atoms with Gasteiger partial charge in [0, 0.05) is 6.20 Å². The van der Waals surface area contributed by atoms with Gasteiger partial charge in [-0.3, -0.25) is 4.40 Å². The highest BCUT2D eigenvalue weighted by atomic mass is 32.1. The van der Waals surface area contributed by atoms with E-state index in [0.29, 0.717) is 0 Å². The topological polar surface area (TPSA) is 30.2 Å². The molecule has 4 rings (SSSR count). The van der Waals surface area contributed by atoms with Crippen molar-refractivity contribution in [2.45, 2.75) is 0 Å². The van der Waals surface area contributed by atoms with Gasteiger partial charge in [0.25, 0.3) is 0 Å². The standard InChI is InChI=1S/C12H7N3S/c1-2-6-15-10(3-1)14-8-4-5-9-11(12(8)15)13-7-16-9/h1-7H. The van der Waals surface area contributed by atoms with Crippen LogP contribution in [0.4, 0.5) is 0 Å². The molecule has 3 nitrogen and oxygen atoms in total. The molecule has 16 heavy (non-hydrogen) atoms. The molecule has 4 aromatic rings. The smallest absolute Gasteiger partial charge is 0.137 e. The summed E-state index contributed by atoms with van der Waals surface area (Å²) >= 11 is 1.66. The first-order valence-electron chi connectivity index (χ1n) is 5.02. The average molecular weight is 225 g/mol. The van der Waals surface area contributed by atoms with Crippen molar-refractivity contribution in [2.75, 3.05) is 0 Å². The fraction of sp³-hybridized carbons (Fsp3) is 0. The third-order valence-corrected chi connectivity index (χ3v) is 3.56. The van der Waals surface area contributed by atoms with E-state index in [1.54, 1.807) is 11.3 Å². The van der Waals surface area contributed by atoms with Gasteiger partial charge in [-0.1, -0.05) is 6.07 Å². The number of rotatable bonds is 0. The molecule has 0 fully saturated rings. The zero-order valence-corrected chi connectivity index (χ0v) is 9.11. The molecule has 0 radical (unpaired) electrons. The van der Waals surface area contributed by atoms with Crippen molar-refractivity contribution in [3.8, 4) is 0 Å². The molecule has 3 heterocycles. The van der Waals surface area contributed by atoms with Crippen molar-refractivity contribution < 1.29 is 0 Å². The Bertz CT molecular complexity index is 813. The van der Waals surface area contributed by atoms with Crippen LogP contribution in [0, 0.1) is 0 Å². The number of nitrogens with zero attached hydrogens (tertiary/aromatic N) is 3. The molecule has 0 aliphatic heterocycles. The Morgan fingerprint density at radius 2 is 2.12 bits per heavy atom. The van der Waals surface area contributed by atoms with Crippen molar-refractivity contribution in [1.29, 1.82) is 0 Å². The summed E-state index contributed by atoms with van der Waals surface area (Å²) in [5, 5.41) is 0. The number of thiazole rings is 1. The lowest BCUT2D eigenvalue weighted by Crippen LogP contribution is -1.82. The number of benzene rings is 1. The van der Waals surface area contributed by atoms with E-state index in [1.165, 1.54) is 4.70 Å². The molecule has 4 heteroatoms. The van der Waals surface area contributed by atoms with Crippen LogP contribution in [0.1, 0.15) is 0 Å². The Hall–Kier alpha value is -1.94. The van der Waals surface area contributed by atoms with Gasteiger partial charge in [0.15, 0.2) is 0 Å². The van der Waals surface area contributed by atoms with Gasteiger partial charge in [-0.05, 0) is 24.3 Å². The monoisotopic (exact) mass is 225 g/mol. The van der Waals surface area contributed by atoms with Crippen LogP contribution in [0.5, 0.6) is 0 Å². The van der Waals surface area contributed by atoms with Crippen molar-refractivity contribution >= 4 is 38.2 Å². The minimum Gasteiger partial charge on any atom is -0.298 e. The van der Waals surface area contributed by atoms with Gasteiger partial charge < -0.3 is 0 Å². The minimum absolute atomic E-state index is 0.970. The van der Waals surface area contributed by atoms with Crippen LogP contribution in [0.15, 0.2) is 42.0 Å². The van der Waals surface area contributed by atoms with Crippen LogP contribution in [-0.4, -0.2) is 14.4 Å². The summed E-state index contributed by atoms with van der Waals surface area (Å²) in [6.45, 7) is 0. The van der Waals surface area contributed by atoms with E-state index in [4.69, 9.17) is 0 Å². The summed E-state index contributed by atoms with van der Waals surface area (Å²) in [6, 6.07) is 10.2. The third kappa shape index (κ3) is 0.919. The van der Waals surface area contributed by atoms with Crippen molar-refractivity contribution in [3.63, 3.8) is 0 Å². The van der Waals surface area contributed by atoms with Crippen LogP contribution < -0.4 is 0 Å². The molecule has 3 aromatic heterocycles. The molecular weight excluding hydrogens is 218 g/mol. The summed E-state index contributed by atoms with van der Waals surface area (Å²) in [5.41, 5.74) is 6.00. The lowest BCUT2D eigenvalue weighted by molar-refractivity contribution is 1.23. The molecular formula is C12H7N3S. The normalized spacial score (nSPS) is 11.8. The second-order valence-corrected chi connectivity index (χ2v) is 4.56. The lowest BCUT2D eigenvalue weighted by atomic mass is 10.3. The second-order valence-electron chi connectivity index (χ2n) is 3.67. The zero-order valence-electron chi connectivity index (χ0n) is 8.29. The van der Waals surface area contributed by atoms with E-state index in [-0.39, 0.29) is 0 Å². The second kappa shape index (κ2) is 2.80. The molecule has 1 aromatic carbocycles. The molecule has 0 bridgehead atoms. The highest BCUT2D eigenvalue weighted by Crippen LogP contribution is 2.27. The lowest BCUT2D eigenvalue weighted by Gasteiger charge is -1.94. The minimum atomic E-state index is 0.970.